The van der Waals surface area contributed by atoms with E-state index in [9.17, 15) is 24.4 Å². The average molecular weight is 481 g/mol. The van der Waals surface area contributed by atoms with Crippen LogP contribution in [0, 0.1) is 17.3 Å². The van der Waals surface area contributed by atoms with E-state index < -0.39 is 17.4 Å². The van der Waals surface area contributed by atoms with Gasteiger partial charge in [-0.25, -0.2) is 5.06 Å². The monoisotopic (exact) mass is 480 g/mol. The predicted molar refractivity (Wildman–Crippen MR) is 129 cm³/mol. The molecular weight excluding hydrogens is 436 g/mol. The van der Waals surface area contributed by atoms with Gasteiger partial charge in [-0.05, 0) is 30.6 Å². The molecule has 2 rings (SSSR count). The molecule has 0 bridgehead atoms. The molecule has 2 N–H and O–H groups in total. The van der Waals surface area contributed by atoms with Crippen LogP contribution in [0.15, 0.2) is 0 Å². The summed E-state index contributed by atoms with van der Waals surface area (Å²) in [5.74, 6) is -0.522. The van der Waals surface area contributed by atoms with Crippen molar-refractivity contribution < 1.29 is 24.4 Å². The summed E-state index contributed by atoms with van der Waals surface area (Å²) >= 11 is 0. The molecule has 0 aromatic rings. The second kappa shape index (κ2) is 12.5. The summed E-state index contributed by atoms with van der Waals surface area (Å²) in [6, 6.07) is -0.734. The van der Waals surface area contributed by atoms with Gasteiger partial charge in [-0.3, -0.25) is 24.4 Å². The van der Waals surface area contributed by atoms with Crippen LogP contribution in [0.1, 0.15) is 79.1 Å². The third kappa shape index (κ3) is 7.68. The number of hydrogen-bond acceptors (Lipinski definition) is 5. The Morgan fingerprint density at radius 2 is 1.71 bits per heavy atom. The molecule has 0 aromatic carbocycles. The van der Waals surface area contributed by atoms with E-state index in [2.05, 4.69) is 5.32 Å². The highest BCUT2D eigenvalue weighted by Gasteiger charge is 2.39. The molecule has 0 radical (unpaired) electrons. The van der Waals surface area contributed by atoms with Gasteiger partial charge in [0.15, 0.2) is 0 Å². The van der Waals surface area contributed by atoms with Gasteiger partial charge in [0.25, 0.3) is 0 Å². The topological polar surface area (TPSA) is 110 Å². The third-order valence-electron chi connectivity index (χ3n) is 7.41. The average Bonchev–Trinajstić information content (AvgIpc) is 3.32. The molecule has 9 nitrogen and oxygen atoms in total. The van der Waals surface area contributed by atoms with Crippen LogP contribution in [-0.2, 0) is 19.2 Å². The Kier molecular flexibility index (Phi) is 10.3. The zero-order chi connectivity index (χ0) is 25.5. The molecule has 4 amide bonds. The van der Waals surface area contributed by atoms with Crippen LogP contribution in [0.2, 0.25) is 0 Å². The fourth-order valence-electron chi connectivity index (χ4n) is 5.20. The third-order valence-corrected chi connectivity index (χ3v) is 7.41. The summed E-state index contributed by atoms with van der Waals surface area (Å²) in [5.41, 5.74) is -0.526. The molecule has 2 unspecified atom stereocenters. The molecule has 1 saturated carbocycles. The lowest BCUT2D eigenvalue weighted by molar-refractivity contribution is -0.156. The minimum absolute atomic E-state index is 0.00689. The van der Waals surface area contributed by atoms with Crippen molar-refractivity contribution in [1.29, 1.82) is 0 Å². The highest BCUT2D eigenvalue weighted by Crippen LogP contribution is 2.31. The number of hydrogen-bond donors (Lipinski definition) is 2. The Bertz CT molecular complexity index is 709. The predicted octanol–water partition coefficient (Wildman–Crippen LogP) is 2.42. The van der Waals surface area contributed by atoms with Crippen LogP contribution >= 0.6 is 0 Å². The summed E-state index contributed by atoms with van der Waals surface area (Å²) < 4.78 is 0. The Morgan fingerprint density at radius 3 is 2.21 bits per heavy atom. The molecule has 1 heterocycles. The maximum atomic E-state index is 13.6. The van der Waals surface area contributed by atoms with E-state index in [0.717, 1.165) is 25.7 Å². The molecule has 0 aromatic heterocycles. The number of likely N-dealkylation sites (tertiary alicyclic amines) is 1. The van der Waals surface area contributed by atoms with Gasteiger partial charge in [0.05, 0.1) is 12.5 Å². The number of hydroxylamine groups is 2. The molecule has 34 heavy (non-hydrogen) atoms. The number of nitrogens with one attached hydrogen (secondary N) is 1. The van der Waals surface area contributed by atoms with Crippen molar-refractivity contribution in [3.63, 3.8) is 0 Å². The minimum atomic E-state index is -0.741. The fraction of sp³-hybridized carbons (Fsp3) is 0.840. The number of rotatable bonds is 10. The lowest BCUT2D eigenvalue weighted by atomic mass is 9.84. The molecule has 1 aliphatic heterocycles. The Morgan fingerprint density at radius 1 is 1.12 bits per heavy atom. The number of carbonyl (C=O) groups excluding carboxylic acids is 4. The lowest BCUT2D eigenvalue weighted by Gasteiger charge is -2.40. The van der Waals surface area contributed by atoms with Gasteiger partial charge in [-0.2, -0.15) is 0 Å². The molecule has 1 saturated heterocycles. The smallest absolute Gasteiger partial charge is 0.245 e. The summed E-state index contributed by atoms with van der Waals surface area (Å²) in [7, 11) is 1.77. The fourth-order valence-corrected chi connectivity index (χ4v) is 5.20. The van der Waals surface area contributed by atoms with Crippen molar-refractivity contribution in [2.24, 2.45) is 17.3 Å². The van der Waals surface area contributed by atoms with Gasteiger partial charge < -0.3 is 15.1 Å². The molecule has 0 spiro atoms. The summed E-state index contributed by atoms with van der Waals surface area (Å²) in [6.07, 6.45) is 7.14. The van der Waals surface area contributed by atoms with E-state index in [0.29, 0.717) is 56.2 Å². The molecule has 2 aliphatic rings. The Labute approximate surface area is 204 Å². The van der Waals surface area contributed by atoms with Gasteiger partial charge in [-0.1, -0.05) is 53.4 Å². The van der Waals surface area contributed by atoms with Crippen molar-refractivity contribution in [3.8, 4) is 0 Å². The van der Waals surface area contributed by atoms with Gasteiger partial charge >= 0.3 is 0 Å². The molecule has 9 heteroatoms. The van der Waals surface area contributed by atoms with Crippen LogP contribution in [0.4, 0.5) is 0 Å². The molecule has 2 atom stereocenters. The SMILES string of the molecule is CCC(=O)N1CCC(N(C)C(=O)C(NC(=O)C(CC2CCCC2)CN(O)C=O)C(C)(C)C)CC1. The quantitative estimate of drug-likeness (QED) is 0.283. The first-order chi connectivity index (χ1) is 16.0. The lowest BCUT2D eigenvalue weighted by Crippen LogP contribution is -2.58. The first kappa shape index (κ1) is 28.1. The van der Waals surface area contributed by atoms with E-state index in [1.165, 1.54) is 0 Å². The van der Waals surface area contributed by atoms with Crippen LogP contribution in [0.3, 0.4) is 0 Å². The molecule has 1 aliphatic carbocycles. The second-order valence-electron chi connectivity index (χ2n) is 11.0. The number of amides is 4. The van der Waals surface area contributed by atoms with E-state index >= 15 is 0 Å². The number of likely N-dealkylation sites (N-methyl/N-ethyl adjacent to an activating group) is 1. The maximum absolute atomic E-state index is 13.6. The van der Waals surface area contributed by atoms with E-state index in [4.69, 9.17) is 0 Å². The molecule has 2 fully saturated rings. The van der Waals surface area contributed by atoms with Gasteiger partial charge in [0.1, 0.15) is 6.04 Å². The molecular formula is C25H44N4O5. The molecule has 194 valence electrons. The maximum Gasteiger partial charge on any atom is 0.245 e. The highest BCUT2D eigenvalue weighted by molar-refractivity contribution is 5.89. The first-order valence-corrected chi connectivity index (χ1v) is 12.7. The zero-order valence-corrected chi connectivity index (χ0v) is 21.6. The normalized spacial score (nSPS) is 19.4. The summed E-state index contributed by atoms with van der Waals surface area (Å²) in [5, 5.41) is 13.3. The van der Waals surface area contributed by atoms with Crippen LogP contribution in [0.5, 0.6) is 0 Å². The second-order valence-corrected chi connectivity index (χ2v) is 11.0. The number of nitrogens with zero attached hydrogens (tertiary/aromatic N) is 3. The summed E-state index contributed by atoms with van der Waals surface area (Å²) in [4.78, 5) is 53.4. The number of carbonyl (C=O) groups is 4. The van der Waals surface area contributed by atoms with Crippen molar-refractivity contribution in [2.45, 2.75) is 91.1 Å². The van der Waals surface area contributed by atoms with Crippen molar-refractivity contribution in [3.05, 3.63) is 0 Å². The van der Waals surface area contributed by atoms with Crippen LogP contribution in [0.25, 0.3) is 0 Å². The van der Waals surface area contributed by atoms with E-state index in [-0.39, 0.29) is 30.3 Å². The van der Waals surface area contributed by atoms with Crippen molar-refractivity contribution in [1.82, 2.24) is 20.2 Å². The van der Waals surface area contributed by atoms with Gasteiger partial charge in [-0.15, -0.1) is 0 Å². The summed E-state index contributed by atoms with van der Waals surface area (Å²) in [6.45, 7) is 8.78. The number of piperidine rings is 1. The Hall–Kier alpha value is -2.16. The van der Waals surface area contributed by atoms with E-state index in [1.807, 2.05) is 32.6 Å². The van der Waals surface area contributed by atoms with Gasteiger partial charge in [0, 0.05) is 32.6 Å². The highest BCUT2D eigenvalue weighted by atomic mass is 16.5. The van der Waals surface area contributed by atoms with Crippen molar-refractivity contribution in [2.75, 3.05) is 26.7 Å². The standard InChI is InChI=1S/C25H44N4O5/c1-6-21(31)28-13-11-20(12-14-28)27(5)24(33)22(25(2,3)4)26-23(32)19(16-29(34)17-30)15-18-9-7-8-10-18/h17-20,22,34H,6-16H2,1-5H3,(H,26,32). The van der Waals surface area contributed by atoms with Crippen molar-refractivity contribution >= 4 is 24.1 Å². The minimum Gasteiger partial charge on any atom is -0.344 e. The van der Waals surface area contributed by atoms with Crippen LogP contribution < -0.4 is 5.32 Å². The first-order valence-electron chi connectivity index (χ1n) is 12.7. The van der Waals surface area contributed by atoms with Crippen LogP contribution in [-0.4, -0.2) is 83.0 Å². The van der Waals surface area contributed by atoms with E-state index in [1.54, 1.807) is 11.9 Å². The largest absolute Gasteiger partial charge is 0.344 e. The Balaban J connectivity index is 2.09. The van der Waals surface area contributed by atoms with Gasteiger partial charge in [0.2, 0.25) is 24.1 Å². The zero-order valence-electron chi connectivity index (χ0n) is 21.6.